The van der Waals surface area contributed by atoms with Crippen LogP contribution in [-0.2, 0) is 17.3 Å². The monoisotopic (exact) mass is 319 g/mol. The molecule has 0 aliphatic heterocycles. The van der Waals surface area contributed by atoms with E-state index >= 15 is 0 Å². The number of aryl methyl sites for hydroxylation is 1. The van der Waals surface area contributed by atoms with Crippen LogP contribution in [0.15, 0.2) is 41.4 Å². The molecular formula is C15H17N3O3S. The highest BCUT2D eigenvalue weighted by atomic mass is 32.2. The first-order valence-corrected chi connectivity index (χ1v) is 8.19. The van der Waals surface area contributed by atoms with Gasteiger partial charge in [0.1, 0.15) is 12.0 Å². The molecule has 2 aromatic rings. The topological polar surface area (TPSA) is 76.3 Å². The molecule has 22 heavy (non-hydrogen) atoms. The van der Waals surface area contributed by atoms with E-state index in [-0.39, 0.29) is 5.69 Å². The van der Waals surface area contributed by atoms with Crippen LogP contribution in [0.3, 0.4) is 0 Å². The van der Waals surface area contributed by atoms with Crippen molar-refractivity contribution >= 4 is 22.3 Å². The molecule has 0 saturated carbocycles. The third-order valence-corrected chi connectivity index (χ3v) is 4.22. The van der Waals surface area contributed by atoms with Crippen LogP contribution in [0.25, 0.3) is 0 Å². The van der Waals surface area contributed by atoms with E-state index in [2.05, 4.69) is 4.98 Å². The van der Waals surface area contributed by atoms with E-state index in [0.29, 0.717) is 12.4 Å². The molecule has 0 N–H and O–H groups in total. The minimum absolute atomic E-state index is 0.00979. The van der Waals surface area contributed by atoms with Crippen molar-refractivity contribution in [2.75, 3.05) is 18.2 Å². The summed E-state index contributed by atoms with van der Waals surface area (Å²) in [5.41, 5.74) is 1.80. The molecule has 0 bridgehead atoms. The number of hydrogen-bond acceptors (Lipinski definition) is 5. The van der Waals surface area contributed by atoms with Crippen molar-refractivity contribution in [2.45, 2.75) is 18.4 Å². The van der Waals surface area contributed by atoms with Gasteiger partial charge in [0.2, 0.25) is 0 Å². The highest BCUT2D eigenvalue weighted by Gasteiger charge is 2.12. The molecule has 0 amide bonds. The number of aromatic nitrogens is 1. The second-order valence-electron chi connectivity index (χ2n) is 5.05. The van der Waals surface area contributed by atoms with Gasteiger partial charge < -0.3 is 4.90 Å². The molecule has 116 valence electrons. The van der Waals surface area contributed by atoms with Crippen LogP contribution in [-0.4, -0.2) is 27.4 Å². The fourth-order valence-corrected chi connectivity index (χ4v) is 2.71. The molecule has 2 rings (SSSR count). The molecular weight excluding hydrogens is 302 g/mol. The number of benzene rings is 1. The van der Waals surface area contributed by atoms with Crippen LogP contribution in [0.4, 0.5) is 11.5 Å². The third kappa shape index (κ3) is 3.67. The maximum absolute atomic E-state index is 11.4. The number of nitro groups is 1. The van der Waals surface area contributed by atoms with Gasteiger partial charge in [-0.3, -0.25) is 14.3 Å². The van der Waals surface area contributed by atoms with Gasteiger partial charge in [-0.25, -0.2) is 4.98 Å². The third-order valence-electron chi connectivity index (χ3n) is 3.28. The van der Waals surface area contributed by atoms with Gasteiger partial charge in [0.25, 0.3) is 5.69 Å². The SMILES string of the molecule is Cc1cc([N+](=O)[O-])cnc1N(C)Cc1ccc([S@@](C)=O)cc1. The molecule has 1 heterocycles. The number of pyridine rings is 1. The van der Waals surface area contributed by atoms with Crippen molar-refractivity contribution in [1.82, 2.24) is 4.98 Å². The Kier molecular flexibility index (Phi) is 4.87. The number of anilines is 1. The van der Waals surface area contributed by atoms with Crippen LogP contribution < -0.4 is 4.90 Å². The zero-order chi connectivity index (χ0) is 16.3. The largest absolute Gasteiger partial charge is 0.355 e. The van der Waals surface area contributed by atoms with Gasteiger partial charge in [-0.1, -0.05) is 12.1 Å². The highest BCUT2D eigenvalue weighted by molar-refractivity contribution is 7.84. The Bertz CT molecular complexity index is 716. The number of hydrogen-bond donors (Lipinski definition) is 0. The van der Waals surface area contributed by atoms with Crippen molar-refractivity contribution in [3.63, 3.8) is 0 Å². The molecule has 1 atom stereocenters. The van der Waals surface area contributed by atoms with Crippen molar-refractivity contribution in [3.8, 4) is 0 Å². The molecule has 1 aromatic heterocycles. The molecule has 0 spiro atoms. The molecule has 1 aromatic carbocycles. The minimum atomic E-state index is -0.987. The van der Waals surface area contributed by atoms with E-state index in [4.69, 9.17) is 0 Å². The minimum Gasteiger partial charge on any atom is -0.355 e. The lowest BCUT2D eigenvalue weighted by Gasteiger charge is -2.20. The van der Waals surface area contributed by atoms with Crippen molar-refractivity contribution in [2.24, 2.45) is 0 Å². The van der Waals surface area contributed by atoms with Crippen LogP contribution in [0.2, 0.25) is 0 Å². The lowest BCUT2D eigenvalue weighted by Crippen LogP contribution is -2.18. The van der Waals surface area contributed by atoms with E-state index in [1.807, 2.05) is 36.2 Å². The molecule has 0 aliphatic rings. The summed E-state index contributed by atoms with van der Waals surface area (Å²) >= 11 is 0. The van der Waals surface area contributed by atoms with Gasteiger partial charge >= 0.3 is 0 Å². The summed E-state index contributed by atoms with van der Waals surface area (Å²) in [7, 11) is 0.895. The zero-order valence-electron chi connectivity index (χ0n) is 12.6. The predicted molar refractivity (Wildman–Crippen MR) is 86.5 cm³/mol. The van der Waals surface area contributed by atoms with Crippen molar-refractivity contribution in [3.05, 3.63) is 57.8 Å². The Morgan fingerprint density at radius 2 is 1.95 bits per heavy atom. The van der Waals surface area contributed by atoms with Crippen LogP contribution in [0.5, 0.6) is 0 Å². The standard InChI is InChI=1S/C15H17N3O3S/c1-11-8-13(18(19)20)9-16-15(11)17(2)10-12-4-6-14(7-5-12)22(3)21/h4-9H,10H2,1-3H3/t22-/m1/s1. The first-order chi connectivity index (χ1) is 10.4. The highest BCUT2D eigenvalue weighted by Crippen LogP contribution is 2.22. The number of rotatable bonds is 5. The molecule has 6 nitrogen and oxygen atoms in total. The van der Waals surface area contributed by atoms with E-state index in [9.17, 15) is 14.3 Å². The second-order valence-corrected chi connectivity index (χ2v) is 6.42. The normalized spacial score (nSPS) is 12.0. The van der Waals surface area contributed by atoms with Crippen molar-refractivity contribution < 1.29 is 9.13 Å². The Balaban J connectivity index is 2.16. The molecule has 0 radical (unpaired) electrons. The van der Waals surface area contributed by atoms with Gasteiger partial charge in [-0.2, -0.15) is 0 Å². The van der Waals surface area contributed by atoms with E-state index < -0.39 is 15.7 Å². The summed E-state index contributed by atoms with van der Waals surface area (Å²) in [5, 5.41) is 10.7. The average molecular weight is 319 g/mol. The Hall–Kier alpha value is -2.28. The smallest absolute Gasteiger partial charge is 0.287 e. The summed E-state index contributed by atoms with van der Waals surface area (Å²) in [5.74, 6) is 0.703. The molecule has 0 aliphatic carbocycles. The lowest BCUT2D eigenvalue weighted by molar-refractivity contribution is -0.385. The quantitative estimate of drug-likeness (QED) is 0.625. The lowest BCUT2D eigenvalue weighted by atomic mass is 10.2. The maximum Gasteiger partial charge on any atom is 0.287 e. The summed E-state index contributed by atoms with van der Waals surface area (Å²) in [4.78, 5) is 17.2. The molecule has 0 unspecified atom stereocenters. The summed E-state index contributed by atoms with van der Waals surface area (Å²) < 4.78 is 11.4. The van der Waals surface area contributed by atoms with E-state index in [0.717, 1.165) is 16.0 Å². The molecule has 7 heteroatoms. The van der Waals surface area contributed by atoms with Gasteiger partial charge in [0, 0.05) is 41.6 Å². The summed E-state index contributed by atoms with van der Waals surface area (Å²) in [6.07, 6.45) is 2.91. The first kappa shape index (κ1) is 16.1. The van der Waals surface area contributed by atoms with Gasteiger partial charge in [0.05, 0.1) is 4.92 Å². The fraction of sp³-hybridized carbons (Fsp3) is 0.267. The zero-order valence-corrected chi connectivity index (χ0v) is 13.5. The Morgan fingerprint density at radius 3 is 2.45 bits per heavy atom. The summed E-state index contributed by atoms with van der Waals surface area (Å²) in [6.45, 7) is 2.41. The second kappa shape index (κ2) is 6.65. The van der Waals surface area contributed by atoms with Crippen LogP contribution >= 0.6 is 0 Å². The maximum atomic E-state index is 11.4. The molecule has 0 saturated heterocycles. The van der Waals surface area contributed by atoms with Gasteiger partial charge in [-0.15, -0.1) is 0 Å². The predicted octanol–water partition coefficient (Wildman–Crippen LogP) is 2.67. The fourth-order valence-electron chi connectivity index (χ4n) is 2.19. The Labute approximate surface area is 131 Å². The summed E-state index contributed by atoms with van der Waals surface area (Å²) in [6, 6.07) is 9.05. The van der Waals surface area contributed by atoms with Gasteiger partial charge in [-0.05, 0) is 30.2 Å². The van der Waals surface area contributed by atoms with E-state index in [1.165, 1.54) is 12.3 Å². The average Bonchev–Trinajstić information content (AvgIpc) is 2.47. The Morgan fingerprint density at radius 1 is 1.32 bits per heavy atom. The van der Waals surface area contributed by atoms with Gasteiger partial charge in [0.15, 0.2) is 0 Å². The number of nitrogens with zero attached hydrogens (tertiary/aromatic N) is 3. The molecule has 0 fully saturated rings. The van der Waals surface area contributed by atoms with Crippen LogP contribution in [0, 0.1) is 17.0 Å². The van der Waals surface area contributed by atoms with Crippen LogP contribution in [0.1, 0.15) is 11.1 Å². The first-order valence-electron chi connectivity index (χ1n) is 6.63. The van der Waals surface area contributed by atoms with E-state index in [1.54, 1.807) is 13.2 Å². The van der Waals surface area contributed by atoms with Crippen molar-refractivity contribution in [1.29, 1.82) is 0 Å².